The van der Waals surface area contributed by atoms with E-state index in [1.54, 1.807) is 6.33 Å². The maximum atomic E-state index is 7.25. The van der Waals surface area contributed by atoms with Crippen molar-refractivity contribution in [3.8, 4) is 0 Å². The van der Waals surface area contributed by atoms with Gasteiger partial charge in [-0.05, 0) is 0 Å². The molecule has 1 aliphatic rings. The van der Waals surface area contributed by atoms with Gasteiger partial charge in [0.1, 0.15) is 0 Å². The van der Waals surface area contributed by atoms with Crippen LogP contribution in [0.4, 0.5) is 0 Å². The van der Waals surface area contributed by atoms with Gasteiger partial charge < -0.3 is 15.6 Å². The molecule has 6 heteroatoms. The molecule has 0 saturated heterocycles. The van der Waals surface area contributed by atoms with E-state index >= 15 is 0 Å². The minimum atomic E-state index is 0. The van der Waals surface area contributed by atoms with Crippen molar-refractivity contribution in [1.82, 2.24) is 14.9 Å². The van der Waals surface area contributed by atoms with Crippen LogP contribution in [0, 0.1) is 5.41 Å². The average Bonchev–Trinajstić information content (AvgIpc) is 2.49. The number of aromatic nitrogens is 2. The number of aromatic amines is 1. The van der Waals surface area contributed by atoms with Crippen molar-refractivity contribution >= 4 is 18.4 Å². The number of nitrogens with one attached hydrogen (secondary N) is 2. The third kappa shape index (κ3) is 1.75. The van der Waals surface area contributed by atoms with Gasteiger partial charge in [-0.25, -0.2) is 4.98 Å². The van der Waals surface area contributed by atoms with Crippen LogP contribution >= 0.6 is 12.4 Å². The molecule has 13 heavy (non-hydrogen) atoms. The van der Waals surface area contributed by atoms with Crippen molar-refractivity contribution in [2.75, 3.05) is 6.54 Å². The van der Waals surface area contributed by atoms with Crippen LogP contribution in [0.15, 0.2) is 6.33 Å². The highest BCUT2D eigenvalue weighted by molar-refractivity contribution is 5.85. The number of H-pyrrole nitrogens is 1. The molecule has 0 saturated carbocycles. The lowest BCUT2D eigenvalue weighted by molar-refractivity contribution is 0.380. The number of rotatable bonds is 0. The van der Waals surface area contributed by atoms with E-state index in [-0.39, 0.29) is 18.4 Å². The van der Waals surface area contributed by atoms with E-state index in [0.29, 0.717) is 6.54 Å². The Morgan fingerprint density at radius 3 is 3.15 bits per heavy atom. The molecular formula is C7H12ClN5. The van der Waals surface area contributed by atoms with E-state index in [2.05, 4.69) is 9.97 Å². The fourth-order valence-corrected chi connectivity index (χ4v) is 1.41. The zero-order valence-corrected chi connectivity index (χ0v) is 7.90. The number of halogens is 1. The summed E-state index contributed by atoms with van der Waals surface area (Å²) in [5.41, 5.74) is 7.55. The lowest BCUT2D eigenvalue weighted by Gasteiger charge is -2.25. The van der Waals surface area contributed by atoms with Gasteiger partial charge in [0.25, 0.3) is 0 Å². The molecule has 4 N–H and O–H groups in total. The van der Waals surface area contributed by atoms with E-state index in [1.807, 2.05) is 4.90 Å². The first-order valence-corrected chi connectivity index (χ1v) is 3.87. The summed E-state index contributed by atoms with van der Waals surface area (Å²) in [5.74, 6) is 0.128. The van der Waals surface area contributed by atoms with E-state index in [1.165, 1.54) is 5.69 Å². The molecule has 0 atom stereocenters. The van der Waals surface area contributed by atoms with Gasteiger partial charge in [-0.15, -0.1) is 12.4 Å². The largest absolute Gasteiger partial charge is 0.370 e. The highest BCUT2D eigenvalue weighted by Crippen LogP contribution is 2.13. The number of imidazole rings is 1. The van der Waals surface area contributed by atoms with Crippen LogP contribution in [0.3, 0.4) is 0 Å². The van der Waals surface area contributed by atoms with Gasteiger partial charge in [-0.1, -0.05) is 0 Å². The first-order valence-electron chi connectivity index (χ1n) is 3.87. The minimum absolute atomic E-state index is 0. The molecule has 0 aromatic carbocycles. The van der Waals surface area contributed by atoms with E-state index in [9.17, 15) is 0 Å². The second kappa shape index (κ2) is 3.66. The fraction of sp³-hybridized carbons (Fsp3) is 0.429. The lowest BCUT2D eigenvalue weighted by atomic mass is 10.1. The Bertz CT molecular complexity index is 308. The maximum absolute atomic E-state index is 7.25. The Labute approximate surface area is 82.3 Å². The van der Waals surface area contributed by atoms with Crippen LogP contribution in [0.2, 0.25) is 0 Å². The third-order valence-corrected chi connectivity index (χ3v) is 2.12. The standard InChI is InChI=1S/C7H11N5.ClH/c8-7(9)12-2-1-5-6(3-12)11-4-10-5;/h4H,1-3H2,(H3,8,9)(H,10,11);1H. The first-order chi connectivity index (χ1) is 5.77. The molecule has 5 nitrogen and oxygen atoms in total. The highest BCUT2D eigenvalue weighted by atomic mass is 35.5. The predicted molar refractivity (Wildman–Crippen MR) is 51.9 cm³/mol. The molecule has 0 bridgehead atoms. The Morgan fingerprint density at radius 1 is 1.69 bits per heavy atom. The van der Waals surface area contributed by atoms with Gasteiger partial charge in [-0.3, -0.25) is 5.41 Å². The molecule has 0 aliphatic carbocycles. The van der Waals surface area contributed by atoms with Gasteiger partial charge in [0.05, 0.1) is 18.6 Å². The summed E-state index contributed by atoms with van der Waals surface area (Å²) < 4.78 is 0. The molecule has 72 valence electrons. The van der Waals surface area contributed by atoms with Crippen LogP contribution in [0.5, 0.6) is 0 Å². The van der Waals surface area contributed by atoms with E-state index < -0.39 is 0 Å². The topological polar surface area (TPSA) is 81.8 Å². The summed E-state index contributed by atoms with van der Waals surface area (Å²) in [4.78, 5) is 9.02. The van der Waals surface area contributed by atoms with E-state index in [4.69, 9.17) is 11.1 Å². The lowest BCUT2D eigenvalue weighted by Crippen LogP contribution is -2.40. The van der Waals surface area contributed by atoms with Crippen LogP contribution in [-0.2, 0) is 13.0 Å². The van der Waals surface area contributed by atoms with Crippen molar-refractivity contribution in [3.63, 3.8) is 0 Å². The summed E-state index contributed by atoms with van der Waals surface area (Å²) in [6, 6.07) is 0. The Morgan fingerprint density at radius 2 is 2.46 bits per heavy atom. The van der Waals surface area contributed by atoms with Crippen molar-refractivity contribution in [2.24, 2.45) is 5.73 Å². The van der Waals surface area contributed by atoms with Crippen LogP contribution < -0.4 is 5.73 Å². The third-order valence-electron chi connectivity index (χ3n) is 2.12. The van der Waals surface area contributed by atoms with Crippen LogP contribution in [0.25, 0.3) is 0 Å². The van der Waals surface area contributed by atoms with E-state index in [0.717, 1.165) is 18.7 Å². The number of hydrogen-bond acceptors (Lipinski definition) is 2. The quantitative estimate of drug-likeness (QED) is 0.411. The monoisotopic (exact) mass is 201 g/mol. The number of fused-ring (bicyclic) bond motifs is 1. The van der Waals surface area contributed by atoms with Gasteiger partial charge in [0.15, 0.2) is 5.96 Å². The van der Waals surface area contributed by atoms with Crippen molar-refractivity contribution in [3.05, 3.63) is 17.7 Å². The molecule has 2 heterocycles. The van der Waals surface area contributed by atoms with Crippen molar-refractivity contribution in [1.29, 1.82) is 5.41 Å². The zero-order valence-electron chi connectivity index (χ0n) is 7.08. The Kier molecular flexibility index (Phi) is 2.77. The Balaban J connectivity index is 0.000000845. The molecular weight excluding hydrogens is 190 g/mol. The number of guanidine groups is 1. The fourth-order valence-electron chi connectivity index (χ4n) is 1.41. The first kappa shape index (κ1) is 9.85. The number of nitrogens with two attached hydrogens (primary N) is 1. The molecule has 0 radical (unpaired) electrons. The normalized spacial score (nSPS) is 14.6. The number of hydrogen-bond donors (Lipinski definition) is 3. The second-order valence-electron chi connectivity index (χ2n) is 2.88. The summed E-state index contributed by atoms with van der Waals surface area (Å²) >= 11 is 0. The smallest absolute Gasteiger partial charge is 0.188 e. The van der Waals surface area contributed by atoms with Crippen LogP contribution in [0.1, 0.15) is 11.4 Å². The molecule has 0 spiro atoms. The van der Waals surface area contributed by atoms with Gasteiger partial charge in [0, 0.05) is 18.7 Å². The molecule has 0 unspecified atom stereocenters. The molecule has 2 rings (SSSR count). The summed E-state index contributed by atoms with van der Waals surface area (Å²) in [6.07, 6.45) is 2.59. The molecule has 1 aromatic heterocycles. The maximum Gasteiger partial charge on any atom is 0.188 e. The van der Waals surface area contributed by atoms with Crippen molar-refractivity contribution < 1.29 is 0 Å². The molecule has 1 aromatic rings. The minimum Gasteiger partial charge on any atom is -0.370 e. The second-order valence-corrected chi connectivity index (χ2v) is 2.88. The summed E-state index contributed by atoms with van der Waals surface area (Å²) in [7, 11) is 0. The predicted octanol–water partition coefficient (Wildman–Crippen LogP) is 0.0831. The number of nitrogens with zero attached hydrogens (tertiary/aromatic N) is 2. The Hall–Kier alpha value is -1.23. The SMILES string of the molecule is Cl.N=C(N)N1CCc2[nH]cnc2C1. The summed E-state index contributed by atoms with van der Waals surface area (Å²) in [6.45, 7) is 1.47. The zero-order chi connectivity index (χ0) is 8.55. The highest BCUT2D eigenvalue weighted by Gasteiger charge is 2.18. The average molecular weight is 202 g/mol. The molecule has 0 fully saturated rings. The van der Waals surface area contributed by atoms with Gasteiger partial charge in [0.2, 0.25) is 0 Å². The van der Waals surface area contributed by atoms with Crippen LogP contribution in [-0.4, -0.2) is 27.4 Å². The summed E-state index contributed by atoms with van der Waals surface area (Å²) in [5, 5.41) is 7.25. The van der Waals surface area contributed by atoms with Gasteiger partial charge >= 0.3 is 0 Å². The molecule has 1 aliphatic heterocycles. The van der Waals surface area contributed by atoms with Crippen molar-refractivity contribution in [2.45, 2.75) is 13.0 Å². The molecule has 0 amide bonds. The van der Waals surface area contributed by atoms with Gasteiger partial charge in [-0.2, -0.15) is 0 Å².